The van der Waals surface area contributed by atoms with E-state index in [0.29, 0.717) is 0 Å². The third-order valence-corrected chi connectivity index (χ3v) is 6.37. The number of hydrogen-bond acceptors (Lipinski definition) is 0. The van der Waals surface area contributed by atoms with Crippen molar-refractivity contribution < 1.29 is 21.5 Å². The molecule has 1 atom stereocenters. The van der Waals surface area contributed by atoms with Gasteiger partial charge in [0.1, 0.15) is 0 Å². The number of hydrogen-bond donors (Lipinski definition) is 0. The van der Waals surface area contributed by atoms with E-state index in [1.807, 2.05) is 0 Å². The lowest BCUT2D eigenvalue weighted by molar-refractivity contribution is -0.908. The molecule has 0 spiro atoms. The summed E-state index contributed by atoms with van der Waals surface area (Å²) in [7, 11) is 2.46. The fourth-order valence-electron chi connectivity index (χ4n) is 4.01. The molecule has 166 valence electrons. The number of quaternary nitrogens is 1. The van der Waals surface area contributed by atoms with Crippen LogP contribution in [0, 0.1) is 0 Å². The van der Waals surface area contributed by atoms with Gasteiger partial charge in [0.15, 0.2) is 0 Å². The van der Waals surface area contributed by atoms with E-state index < -0.39 is 0 Å². The Kier molecular flexibility index (Phi) is 24.9. The van der Waals surface area contributed by atoms with Crippen LogP contribution in [0.4, 0.5) is 0 Å². The quantitative estimate of drug-likeness (QED) is 0.160. The highest BCUT2D eigenvalue weighted by atomic mass is 79.9. The minimum Gasteiger partial charge on any atom is -1.00 e. The molecule has 0 aromatic rings. The first-order chi connectivity index (χ1) is 12.7. The van der Waals surface area contributed by atoms with Crippen LogP contribution in [0.5, 0.6) is 0 Å². The zero-order chi connectivity index (χ0) is 19.3. The van der Waals surface area contributed by atoms with Crippen molar-refractivity contribution in [1.29, 1.82) is 0 Å². The minimum absolute atomic E-state index is 0. The van der Waals surface area contributed by atoms with Crippen molar-refractivity contribution in [1.82, 2.24) is 0 Å². The summed E-state index contributed by atoms with van der Waals surface area (Å²) < 4.78 is 1.30. The molecule has 27 heavy (non-hydrogen) atoms. The van der Waals surface area contributed by atoms with E-state index in [-0.39, 0.29) is 17.0 Å². The van der Waals surface area contributed by atoms with E-state index in [1.54, 1.807) is 0 Å². The Hall–Kier alpha value is 0.440. The molecule has 0 rings (SSSR count). The molecule has 0 aliphatic rings. The van der Waals surface area contributed by atoms with Gasteiger partial charge in [-0.1, -0.05) is 110 Å². The standard InChI is InChI=1S/C25H54N.BrH/c1-5-8-10-11-12-13-14-15-16-17-18-19-20-21-22-23-25-26(4,7-3)24-9-6-2;/h5-25H2,1-4H3;1H/q+1;/p-1. The minimum atomic E-state index is 0. The molecule has 0 heterocycles. The van der Waals surface area contributed by atoms with Crippen molar-refractivity contribution in [3.63, 3.8) is 0 Å². The predicted octanol–water partition coefficient (Wildman–Crippen LogP) is 5.52. The molecule has 0 amide bonds. The van der Waals surface area contributed by atoms with Gasteiger partial charge < -0.3 is 21.5 Å². The predicted molar refractivity (Wildman–Crippen MR) is 121 cm³/mol. The number of rotatable bonds is 21. The van der Waals surface area contributed by atoms with Gasteiger partial charge in [0, 0.05) is 0 Å². The summed E-state index contributed by atoms with van der Waals surface area (Å²) in [5, 5.41) is 0. The molecule has 0 aliphatic heterocycles. The number of unbranched alkanes of at least 4 members (excludes halogenated alkanes) is 16. The highest BCUT2D eigenvalue weighted by molar-refractivity contribution is 4.50. The first kappa shape index (κ1) is 29.6. The lowest BCUT2D eigenvalue weighted by Gasteiger charge is -2.33. The Balaban J connectivity index is 0. The molecule has 0 saturated carbocycles. The van der Waals surface area contributed by atoms with Gasteiger partial charge in [-0.05, 0) is 26.2 Å². The molecule has 0 radical (unpaired) electrons. The average Bonchev–Trinajstić information content (AvgIpc) is 2.66. The molecule has 0 aromatic heterocycles. The second kappa shape index (κ2) is 22.7. The Bertz CT molecular complexity index is 269. The third-order valence-electron chi connectivity index (χ3n) is 6.37. The monoisotopic (exact) mass is 447 g/mol. The lowest BCUT2D eigenvalue weighted by Crippen LogP contribution is -3.00. The van der Waals surface area contributed by atoms with Crippen molar-refractivity contribution in [2.75, 3.05) is 26.7 Å². The van der Waals surface area contributed by atoms with Crippen LogP contribution in [-0.4, -0.2) is 31.2 Å². The third kappa shape index (κ3) is 21.0. The maximum Gasteiger partial charge on any atom is 0.0784 e. The van der Waals surface area contributed by atoms with Gasteiger partial charge in [0.25, 0.3) is 0 Å². The van der Waals surface area contributed by atoms with Crippen molar-refractivity contribution in [2.45, 2.75) is 136 Å². The van der Waals surface area contributed by atoms with Crippen LogP contribution < -0.4 is 17.0 Å². The molecule has 0 bridgehead atoms. The lowest BCUT2D eigenvalue weighted by atomic mass is 10.0. The van der Waals surface area contributed by atoms with E-state index in [0.717, 1.165) is 0 Å². The van der Waals surface area contributed by atoms with Crippen molar-refractivity contribution in [2.24, 2.45) is 0 Å². The highest BCUT2D eigenvalue weighted by Gasteiger charge is 2.17. The van der Waals surface area contributed by atoms with Gasteiger partial charge in [0.05, 0.1) is 26.7 Å². The number of nitrogens with zero attached hydrogens (tertiary/aromatic N) is 1. The summed E-state index contributed by atoms with van der Waals surface area (Å²) in [6.07, 6.45) is 26.2. The summed E-state index contributed by atoms with van der Waals surface area (Å²) in [6, 6.07) is 0. The first-order valence-electron chi connectivity index (χ1n) is 12.5. The highest BCUT2D eigenvalue weighted by Crippen LogP contribution is 2.14. The van der Waals surface area contributed by atoms with Crippen LogP contribution in [0.2, 0.25) is 0 Å². The molecule has 0 aliphatic carbocycles. The van der Waals surface area contributed by atoms with Crippen LogP contribution in [0.25, 0.3) is 0 Å². The maximum absolute atomic E-state index is 2.46. The molecular weight excluding hydrogens is 394 g/mol. The van der Waals surface area contributed by atoms with Gasteiger partial charge in [-0.2, -0.15) is 0 Å². The Morgan fingerprint density at radius 3 is 1.04 bits per heavy atom. The molecule has 0 saturated heterocycles. The molecule has 0 aromatic carbocycles. The zero-order valence-electron chi connectivity index (χ0n) is 19.7. The summed E-state index contributed by atoms with van der Waals surface area (Å²) in [4.78, 5) is 0. The fraction of sp³-hybridized carbons (Fsp3) is 1.00. The molecule has 1 nitrogen and oxygen atoms in total. The van der Waals surface area contributed by atoms with E-state index in [2.05, 4.69) is 27.8 Å². The summed E-state index contributed by atoms with van der Waals surface area (Å²) in [5.41, 5.74) is 0. The van der Waals surface area contributed by atoms with Crippen LogP contribution in [-0.2, 0) is 0 Å². The maximum atomic E-state index is 2.46. The van der Waals surface area contributed by atoms with E-state index in [1.165, 1.54) is 140 Å². The van der Waals surface area contributed by atoms with Crippen LogP contribution in [0.1, 0.15) is 136 Å². The SMILES string of the molecule is CCCCCCCCCCCCCCCCCC[N+](C)(CC)CCCC.[Br-]. The molecular formula is C25H54BrN. The Morgan fingerprint density at radius 2 is 0.704 bits per heavy atom. The van der Waals surface area contributed by atoms with Gasteiger partial charge in [0.2, 0.25) is 0 Å². The van der Waals surface area contributed by atoms with Crippen LogP contribution in [0.3, 0.4) is 0 Å². The second-order valence-electron chi connectivity index (χ2n) is 9.04. The molecule has 0 fully saturated rings. The second-order valence-corrected chi connectivity index (χ2v) is 9.04. The zero-order valence-corrected chi connectivity index (χ0v) is 21.3. The number of halogens is 1. The first-order valence-corrected chi connectivity index (χ1v) is 12.5. The van der Waals surface area contributed by atoms with E-state index in [4.69, 9.17) is 0 Å². The largest absolute Gasteiger partial charge is 1.00 e. The summed E-state index contributed by atoms with van der Waals surface area (Å²) in [6.45, 7) is 11.1. The van der Waals surface area contributed by atoms with Gasteiger partial charge >= 0.3 is 0 Å². The fourth-order valence-corrected chi connectivity index (χ4v) is 4.01. The Labute approximate surface area is 184 Å². The van der Waals surface area contributed by atoms with Crippen LogP contribution >= 0.6 is 0 Å². The van der Waals surface area contributed by atoms with Crippen LogP contribution in [0.15, 0.2) is 0 Å². The molecule has 1 unspecified atom stereocenters. The smallest absolute Gasteiger partial charge is 0.0784 e. The Morgan fingerprint density at radius 1 is 0.407 bits per heavy atom. The van der Waals surface area contributed by atoms with Crippen molar-refractivity contribution in [3.8, 4) is 0 Å². The molecule has 2 heteroatoms. The summed E-state index contributed by atoms with van der Waals surface area (Å²) in [5.74, 6) is 0. The normalized spacial score (nSPS) is 13.3. The molecule has 0 N–H and O–H groups in total. The van der Waals surface area contributed by atoms with Crippen molar-refractivity contribution in [3.05, 3.63) is 0 Å². The summed E-state index contributed by atoms with van der Waals surface area (Å²) >= 11 is 0. The van der Waals surface area contributed by atoms with Gasteiger partial charge in [-0.25, -0.2) is 0 Å². The average molecular weight is 449 g/mol. The van der Waals surface area contributed by atoms with E-state index in [9.17, 15) is 0 Å². The van der Waals surface area contributed by atoms with E-state index >= 15 is 0 Å². The van der Waals surface area contributed by atoms with Gasteiger partial charge in [-0.15, -0.1) is 0 Å². The van der Waals surface area contributed by atoms with Crippen molar-refractivity contribution >= 4 is 0 Å². The topological polar surface area (TPSA) is 0 Å². The van der Waals surface area contributed by atoms with Gasteiger partial charge in [-0.3, -0.25) is 0 Å².